The van der Waals surface area contributed by atoms with E-state index in [2.05, 4.69) is 5.32 Å². The Morgan fingerprint density at radius 1 is 1.19 bits per heavy atom. The van der Waals surface area contributed by atoms with Crippen molar-refractivity contribution >= 4 is 23.2 Å². The van der Waals surface area contributed by atoms with E-state index in [0.717, 1.165) is 11.1 Å². The number of hydrogen-bond acceptors (Lipinski definition) is 2. The van der Waals surface area contributed by atoms with Crippen LogP contribution in [-0.2, 0) is 4.79 Å². The summed E-state index contributed by atoms with van der Waals surface area (Å²) in [7, 11) is 0. The fraction of sp³-hybridized carbons (Fsp3) is 0.235. The van der Waals surface area contributed by atoms with Gasteiger partial charge in [-0.1, -0.05) is 29.8 Å². The van der Waals surface area contributed by atoms with E-state index < -0.39 is 6.10 Å². The van der Waals surface area contributed by atoms with Gasteiger partial charge in [-0.15, -0.1) is 0 Å². The maximum Gasteiger partial charge on any atom is 0.265 e. The molecule has 21 heavy (non-hydrogen) atoms. The fourth-order valence-corrected chi connectivity index (χ4v) is 2.04. The van der Waals surface area contributed by atoms with Gasteiger partial charge in [-0.3, -0.25) is 4.79 Å². The van der Waals surface area contributed by atoms with Crippen LogP contribution >= 0.6 is 11.6 Å². The Morgan fingerprint density at radius 2 is 1.95 bits per heavy atom. The van der Waals surface area contributed by atoms with Gasteiger partial charge in [-0.25, -0.2) is 0 Å². The molecule has 0 saturated carbocycles. The lowest BCUT2D eigenvalue weighted by Crippen LogP contribution is -2.30. The Bertz CT molecular complexity index is 655. The van der Waals surface area contributed by atoms with Crippen LogP contribution in [0.4, 0.5) is 5.69 Å². The number of anilines is 1. The van der Waals surface area contributed by atoms with Crippen LogP contribution in [-0.4, -0.2) is 12.0 Å². The van der Waals surface area contributed by atoms with Crippen LogP contribution in [0, 0.1) is 13.8 Å². The molecule has 0 spiro atoms. The summed E-state index contributed by atoms with van der Waals surface area (Å²) in [5.74, 6) is 0.469. The quantitative estimate of drug-likeness (QED) is 0.911. The molecule has 4 heteroatoms. The van der Waals surface area contributed by atoms with Gasteiger partial charge in [0.25, 0.3) is 5.91 Å². The Hall–Kier alpha value is -2.00. The smallest absolute Gasteiger partial charge is 0.265 e. The first-order valence-corrected chi connectivity index (χ1v) is 7.14. The maximum atomic E-state index is 12.1. The van der Waals surface area contributed by atoms with Crippen LogP contribution in [0.15, 0.2) is 42.5 Å². The molecule has 0 aliphatic carbocycles. The number of nitrogens with one attached hydrogen (secondary N) is 1. The zero-order valence-electron chi connectivity index (χ0n) is 12.3. The molecule has 1 atom stereocenters. The highest BCUT2D eigenvalue weighted by molar-refractivity contribution is 6.31. The van der Waals surface area contributed by atoms with Crippen molar-refractivity contribution < 1.29 is 9.53 Å². The average Bonchev–Trinajstić information content (AvgIpc) is 2.43. The Labute approximate surface area is 129 Å². The van der Waals surface area contributed by atoms with Gasteiger partial charge in [0.15, 0.2) is 6.10 Å². The van der Waals surface area contributed by atoms with Crippen molar-refractivity contribution in [2.24, 2.45) is 0 Å². The molecule has 1 amide bonds. The van der Waals surface area contributed by atoms with Crippen LogP contribution in [0.1, 0.15) is 18.1 Å². The van der Waals surface area contributed by atoms with Crippen molar-refractivity contribution in [1.82, 2.24) is 0 Å². The first-order valence-electron chi connectivity index (χ1n) is 6.76. The molecule has 2 aromatic carbocycles. The lowest BCUT2D eigenvalue weighted by atomic mass is 10.2. The van der Waals surface area contributed by atoms with E-state index in [1.165, 1.54) is 0 Å². The monoisotopic (exact) mass is 303 g/mol. The predicted octanol–water partition coefficient (Wildman–Crippen LogP) is 4.36. The summed E-state index contributed by atoms with van der Waals surface area (Å²) in [5, 5.41) is 3.42. The molecular weight excluding hydrogens is 286 g/mol. The predicted molar refractivity (Wildman–Crippen MR) is 86.1 cm³/mol. The third-order valence-electron chi connectivity index (χ3n) is 3.11. The number of carbonyl (C=O) groups is 1. The van der Waals surface area contributed by atoms with E-state index in [0.29, 0.717) is 16.5 Å². The highest BCUT2D eigenvalue weighted by atomic mass is 35.5. The topological polar surface area (TPSA) is 38.3 Å². The standard InChI is InChI=1S/C17H18ClNO2/c1-11-5-4-6-15(9-11)21-13(3)17(20)19-14-8-7-12(2)16(18)10-14/h4-10,13H,1-3H3,(H,19,20)/t13-/m1/s1. The normalized spacial score (nSPS) is 11.8. The minimum absolute atomic E-state index is 0.212. The summed E-state index contributed by atoms with van der Waals surface area (Å²) < 4.78 is 5.64. The molecule has 0 aliphatic heterocycles. The second kappa shape index (κ2) is 6.64. The molecule has 110 valence electrons. The van der Waals surface area contributed by atoms with Crippen LogP contribution < -0.4 is 10.1 Å². The molecule has 0 aromatic heterocycles. The SMILES string of the molecule is Cc1cccc(O[C@H](C)C(=O)Nc2ccc(C)c(Cl)c2)c1. The highest BCUT2D eigenvalue weighted by Gasteiger charge is 2.15. The van der Waals surface area contributed by atoms with Crippen molar-refractivity contribution in [3.05, 3.63) is 58.6 Å². The van der Waals surface area contributed by atoms with Crippen molar-refractivity contribution in [3.8, 4) is 5.75 Å². The molecule has 0 radical (unpaired) electrons. The number of hydrogen-bond donors (Lipinski definition) is 1. The van der Waals surface area contributed by atoms with Gasteiger partial charge in [-0.05, 0) is 56.2 Å². The molecule has 0 heterocycles. The third kappa shape index (κ3) is 4.23. The highest BCUT2D eigenvalue weighted by Crippen LogP contribution is 2.20. The number of benzene rings is 2. The maximum absolute atomic E-state index is 12.1. The molecule has 0 unspecified atom stereocenters. The van der Waals surface area contributed by atoms with Gasteiger partial charge < -0.3 is 10.1 Å². The van der Waals surface area contributed by atoms with E-state index in [4.69, 9.17) is 16.3 Å². The summed E-state index contributed by atoms with van der Waals surface area (Å²) in [5.41, 5.74) is 2.72. The molecule has 3 nitrogen and oxygen atoms in total. The van der Waals surface area contributed by atoms with E-state index in [9.17, 15) is 4.79 Å². The van der Waals surface area contributed by atoms with E-state index in [1.807, 2.05) is 50.2 Å². The second-order valence-electron chi connectivity index (χ2n) is 5.03. The number of aryl methyl sites for hydroxylation is 2. The third-order valence-corrected chi connectivity index (χ3v) is 3.52. The molecule has 0 aliphatic rings. The van der Waals surface area contributed by atoms with Crippen molar-refractivity contribution in [1.29, 1.82) is 0 Å². The van der Waals surface area contributed by atoms with Gasteiger partial charge in [-0.2, -0.15) is 0 Å². The van der Waals surface area contributed by atoms with Gasteiger partial charge in [0.1, 0.15) is 5.75 Å². The van der Waals surface area contributed by atoms with Crippen LogP contribution in [0.2, 0.25) is 5.02 Å². The Morgan fingerprint density at radius 3 is 2.62 bits per heavy atom. The first kappa shape index (κ1) is 15.4. The van der Waals surface area contributed by atoms with Gasteiger partial charge in [0.05, 0.1) is 0 Å². The molecular formula is C17H18ClNO2. The van der Waals surface area contributed by atoms with E-state index >= 15 is 0 Å². The minimum Gasteiger partial charge on any atom is -0.481 e. The number of carbonyl (C=O) groups excluding carboxylic acids is 1. The largest absolute Gasteiger partial charge is 0.481 e. The van der Waals surface area contributed by atoms with Crippen molar-refractivity contribution in [2.75, 3.05) is 5.32 Å². The lowest BCUT2D eigenvalue weighted by Gasteiger charge is -2.15. The summed E-state index contributed by atoms with van der Waals surface area (Å²) in [4.78, 5) is 12.1. The molecule has 0 bridgehead atoms. The average molecular weight is 304 g/mol. The van der Waals surface area contributed by atoms with E-state index in [-0.39, 0.29) is 5.91 Å². The van der Waals surface area contributed by atoms with Gasteiger partial charge >= 0.3 is 0 Å². The zero-order chi connectivity index (χ0) is 15.4. The summed E-state index contributed by atoms with van der Waals surface area (Å²) in [6, 6.07) is 13.0. The number of ether oxygens (including phenoxy) is 1. The molecule has 0 saturated heterocycles. The minimum atomic E-state index is -0.591. The Balaban J connectivity index is 2.00. The number of rotatable bonds is 4. The van der Waals surface area contributed by atoms with Crippen LogP contribution in [0.3, 0.4) is 0 Å². The zero-order valence-corrected chi connectivity index (χ0v) is 13.1. The molecule has 0 fully saturated rings. The first-order chi connectivity index (χ1) is 9.95. The van der Waals surface area contributed by atoms with Gasteiger partial charge in [0.2, 0.25) is 0 Å². The number of amides is 1. The van der Waals surface area contributed by atoms with Crippen molar-refractivity contribution in [2.45, 2.75) is 26.9 Å². The fourth-order valence-electron chi connectivity index (χ4n) is 1.86. The number of halogens is 1. The van der Waals surface area contributed by atoms with Gasteiger partial charge in [0, 0.05) is 10.7 Å². The van der Waals surface area contributed by atoms with E-state index in [1.54, 1.807) is 13.0 Å². The lowest BCUT2D eigenvalue weighted by molar-refractivity contribution is -0.122. The summed E-state index contributed by atoms with van der Waals surface area (Å²) in [6.07, 6.45) is -0.591. The Kier molecular flexibility index (Phi) is 4.86. The molecule has 2 rings (SSSR count). The molecule has 1 N–H and O–H groups in total. The summed E-state index contributed by atoms with van der Waals surface area (Å²) in [6.45, 7) is 5.61. The molecule has 2 aromatic rings. The second-order valence-corrected chi connectivity index (χ2v) is 5.44. The van der Waals surface area contributed by atoms with Crippen LogP contribution in [0.25, 0.3) is 0 Å². The summed E-state index contributed by atoms with van der Waals surface area (Å²) >= 11 is 6.04. The van der Waals surface area contributed by atoms with Crippen molar-refractivity contribution in [3.63, 3.8) is 0 Å². The van der Waals surface area contributed by atoms with Crippen LogP contribution in [0.5, 0.6) is 5.75 Å².